The number of likely N-dealkylation sites (N-methyl/N-ethyl adjacent to an activating group) is 1. The highest BCUT2D eigenvalue weighted by molar-refractivity contribution is 7.09. The maximum atomic E-state index is 12.4. The van der Waals surface area contributed by atoms with E-state index in [1.165, 1.54) is 4.88 Å². The van der Waals surface area contributed by atoms with Gasteiger partial charge in [-0.15, -0.1) is 11.3 Å². The van der Waals surface area contributed by atoms with Crippen LogP contribution in [0.25, 0.3) is 0 Å². The average molecular weight is 357 g/mol. The number of hydrogen-bond acceptors (Lipinski definition) is 3. The van der Waals surface area contributed by atoms with Crippen molar-refractivity contribution >= 4 is 46.1 Å². The van der Waals surface area contributed by atoms with Crippen LogP contribution in [0.4, 0.5) is 5.69 Å². The fourth-order valence-corrected chi connectivity index (χ4v) is 3.30. The van der Waals surface area contributed by atoms with Gasteiger partial charge < -0.3 is 5.32 Å². The zero-order chi connectivity index (χ0) is 16.1. The highest BCUT2D eigenvalue weighted by atomic mass is 35.5. The van der Waals surface area contributed by atoms with Crippen molar-refractivity contribution in [3.8, 4) is 0 Å². The Morgan fingerprint density at radius 2 is 2.14 bits per heavy atom. The average Bonchev–Trinajstić information content (AvgIpc) is 3.00. The van der Waals surface area contributed by atoms with E-state index in [1.807, 2.05) is 25.3 Å². The monoisotopic (exact) mass is 356 g/mol. The van der Waals surface area contributed by atoms with Gasteiger partial charge in [-0.25, -0.2) is 0 Å². The van der Waals surface area contributed by atoms with Crippen molar-refractivity contribution in [2.75, 3.05) is 11.9 Å². The summed E-state index contributed by atoms with van der Waals surface area (Å²) < 4.78 is 0. The summed E-state index contributed by atoms with van der Waals surface area (Å²) in [5, 5.41) is 5.89. The highest BCUT2D eigenvalue weighted by Crippen LogP contribution is 2.25. The molecule has 0 saturated heterocycles. The number of benzene rings is 1. The van der Waals surface area contributed by atoms with Crippen molar-refractivity contribution in [2.45, 2.75) is 26.4 Å². The van der Waals surface area contributed by atoms with Gasteiger partial charge in [0, 0.05) is 16.4 Å². The van der Waals surface area contributed by atoms with Crippen LogP contribution >= 0.6 is 34.5 Å². The van der Waals surface area contributed by atoms with Crippen LogP contribution in [-0.4, -0.2) is 23.4 Å². The summed E-state index contributed by atoms with van der Waals surface area (Å²) >= 11 is 13.7. The lowest BCUT2D eigenvalue weighted by atomic mass is 10.2. The molecule has 0 spiro atoms. The minimum absolute atomic E-state index is 0.0809. The molecule has 0 fully saturated rings. The normalized spacial score (nSPS) is 12.4. The van der Waals surface area contributed by atoms with Crippen LogP contribution in [0.5, 0.6) is 0 Å². The second kappa shape index (κ2) is 7.97. The van der Waals surface area contributed by atoms with E-state index in [0.717, 1.165) is 13.1 Å². The molecule has 2 rings (SSSR count). The molecule has 1 aromatic carbocycles. The molecule has 0 radical (unpaired) electrons. The Morgan fingerprint density at radius 1 is 1.36 bits per heavy atom. The Hall–Kier alpha value is -1.07. The molecule has 0 aliphatic heterocycles. The van der Waals surface area contributed by atoms with Gasteiger partial charge in [-0.3, -0.25) is 9.69 Å². The molecular weight excluding hydrogens is 339 g/mol. The van der Waals surface area contributed by atoms with Gasteiger partial charge in [0.05, 0.1) is 16.8 Å². The van der Waals surface area contributed by atoms with E-state index in [0.29, 0.717) is 15.7 Å². The molecule has 1 aromatic heterocycles. The lowest BCUT2D eigenvalue weighted by molar-refractivity contribution is -0.120. The Balaban J connectivity index is 2.03. The van der Waals surface area contributed by atoms with Crippen molar-refractivity contribution in [3.63, 3.8) is 0 Å². The van der Waals surface area contributed by atoms with Gasteiger partial charge in [0.1, 0.15) is 0 Å². The van der Waals surface area contributed by atoms with E-state index in [2.05, 4.69) is 16.3 Å². The minimum atomic E-state index is -0.251. The van der Waals surface area contributed by atoms with Crippen molar-refractivity contribution in [1.82, 2.24) is 4.90 Å². The zero-order valence-electron chi connectivity index (χ0n) is 12.5. The van der Waals surface area contributed by atoms with Crippen LogP contribution < -0.4 is 5.32 Å². The van der Waals surface area contributed by atoms with E-state index < -0.39 is 0 Å². The molecule has 2 aromatic rings. The molecule has 118 valence electrons. The van der Waals surface area contributed by atoms with E-state index >= 15 is 0 Å². The van der Waals surface area contributed by atoms with Crippen LogP contribution in [0.3, 0.4) is 0 Å². The van der Waals surface area contributed by atoms with Gasteiger partial charge in [0.25, 0.3) is 0 Å². The molecule has 1 N–H and O–H groups in total. The third-order valence-electron chi connectivity index (χ3n) is 3.46. The second-order valence-corrected chi connectivity index (χ2v) is 6.81. The van der Waals surface area contributed by atoms with Crippen LogP contribution in [-0.2, 0) is 11.3 Å². The summed E-state index contributed by atoms with van der Waals surface area (Å²) in [6, 6.07) is 8.88. The third-order valence-corrected chi connectivity index (χ3v) is 4.87. The SMILES string of the molecule is CCN(Cc1cccs1)[C@@H](C)C(=O)Nc1ccc(Cl)cc1Cl. The predicted molar refractivity (Wildman–Crippen MR) is 95.0 cm³/mol. The van der Waals surface area contributed by atoms with E-state index in [4.69, 9.17) is 23.2 Å². The van der Waals surface area contributed by atoms with Crippen LogP contribution in [0.15, 0.2) is 35.7 Å². The number of amides is 1. The summed E-state index contributed by atoms with van der Waals surface area (Å²) in [7, 11) is 0. The van der Waals surface area contributed by atoms with Gasteiger partial charge in [-0.1, -0.05) is 36.2 Å². The summed E-state index contributed by atoms with van der Waals surface area (Å²) in [5.74, 6) is -0.0809. The summed E-state index contributed by atoms with van der Waals surface area (Å²) in [6.07, 6.45) is 0. The molecule has 0 aliphatic rings. The van der Waals surface area contributed by atoms with Gasteiger partial charge in [0.15, 0.2) is 0 Å². The van der Waals surface area contributed by atoms with Gasteiger partial charge >= 0.3 is 0 Å². The van der Waals surface area contributed by atoms with E-state index in [9.17, 15) is 4.79 Å². The maximum Gasteiger partial charge on any atom is 0.241 e. The van der Waals surface area contributed by atoms with E-state index in [-0.39, 0.29) is 11.9 Å². The van der Waals surface area contributed by atoms with Crippen LogP contribution in [0.2, 0.25) is 10.0 Å². The lowest BCUT2D eigenvalue weighted by Gasteiger charge is -2.26. The molecule has 6 heteroatoms. The summed E-state index contributed by atoms with van der Waals surface area (Å²) in [5.41, 5.74) is 0.579. The fraction of sp³-hybridized carbons (Fsp3) is 0.312. The number of thiophene rings is 1. The number of rotatable bonds is 6. The van der Waals surface area contributed by atoms with Gasteiger partial charge in [-0.2, -0.15) is 0 Å². The minimum Gasteiger partial charge on any atom is -0.323 e. The second-order valence-electron chi connectivity index (χ2n) is 4.93. The third kappa shape index (κ3) is 4.46. The topological polar surface area (TPSA) is 32.3 Å². The molecule has 1 amide bonds. The Kier molecular flexibility index (Phi) is 6.26. The van der Waals surface area contributed by atoms with Crippen LogP contribution in [0, 0.1) is 0 Å². The number of carbonyl (C=O) groups excluding carboxylic acids is 1. The number of nitrogens with one attached hydrogen (secondary N) is 1. The lowest BCUT2D eigenvalue weighted by Crippen LogP contribution is -2.41. The van der Waals surface area contributed by atoms with Crippen molar-refractivity contribution in [1.29, 1.82) is 0 Å². The van der Waals surface area contributed by atoms with Crippen molar-refractivity contribution < 1.29 is 4.79 Å². The van der Waals surface area contributed by atoms with Gasteiger partial charge in [-0.05, 0) is 43.1 Å². The quantitative estimate of drug-likeness (QED) is 0.797. The first-order valence-corrected chi connectivity index (χ1v) is 8.67. The molecule has 0 unspecified atom stereocenters. The summed E-state index contributed by atoms with van der Waals surface area (Å²) in [6.45, 7) is 5.50. The molecule has 22 heavy (non-hydrogen) atoms. The number of halogens is 2. The largest absolute Gasteiger partial charge is 0.323 e. The van der Waals surface area contributed by atoms with Crippen molar-refractivity contribution in [3.05, 3.63) is 50.6 Å². The summed E-state index contributed by atoms with van der Waals surface area (Å²) in [4.78, 5) is 15.8. The standard InChI is InChI=1S/C16H18Cl2N2OS/c1-3-20(10-13-5-4-8-22-13)11(2)16(21)19-15-7-6-12(17)9-14(15)18/h4-9,11H,3,10H2,1-2H3,(H,19,21)/t11-/m0/s1. The molecule has 0 aliphatic carbocycles. The highest BCUT2D eigenvalue weighted by Gasteiger charge is 2.21. The predicted octanol–water partition coefficient (Wildman–Crippen LogP) is 4.90. The number of nitrogens with zero attached hydrogens (tertiary/aromatic N) is 1. The molecule has 1 atom stereocenters. The molecule has 3 nitrogen and oxygen atoms in total. The Labute approximate surface area is 144 Å². The maximum absolute atomic E-state index is 12.4. The van der Waals surface area contributed by atoms with Crippen LogP contribution in [0.1, 0.15) is 18.7 Å². The number of hydrogen-bond donors (Lipinski definition) is 1. The zero-order valence-corrected chi connectivity index (χ0v) is 14.8. The first kappa shape index (κ1) is 17.3. The smallest absolute Gasteiger partial charge is 0.241 e. The number of carbonyl (C=O) groups is 1. The first-order chi connectivity index (χ1) is 10.5. The molecule has 0 saturated carbocycles. The molecule has 1 heterocycles. The Bertz CT molecular complexity index is 631. The molecular formula is C16H18Cl2N2OS. The Morgan fingerprint density at radius 3 is 2.73 bits per heavy atom. The van der Waals surface area contributed by atoms with Gasteiger partial charge in [0.2, 0.25) is 5.91 Å². The first-order valence-electron chi connectivity index (χ1n) is 7.03. The van der Waals surface area contributed by atoms with Crippen molar-refractivity contribution in [2.24, 2.45) is 0 Å². The number of anilines is 1. The molecule has 0 bridgehead atoms. The van der Waals surface area contributed by atoms with E-state index in [1.54, 1.807) is 29.5 Å². The fourth-order valence-electron chi connectivity index (χ4n) is 2.12.